The molecule has 19 heavy (non-hydrogen) atoms. The Bertz CT molecular complexity index is 396. The van der Waals surface area contributed by atoms with Crippen LogP contribution in [0.4, 0.5) is 0 Å². The Balaban J connectivity index is 1.79. The van der Waals surface area contributed by atoms with Crippen molar-refractivity contribution in [3.63, 3.8) is 0 Å². The number of hydrogen-bond acceptors (Lipinski definition) is 2. The number of esters is 1. The number of alkyl halides is 1. The van der Waals surface area contributed by atoms with E-state index in [2.05, 4.69) is 0 Å². The fraction of sp³-hybridized carbons (Fsp3) is 0.562. The van der Waals surface area contributed by atoms with Crippen LogP contribution in [0, 0.1) is 11.8 Å². The Morgan fingerprint density at radius 1 is 1.26 bits per heavy atom. The lowest BCUT2D eigenvalue weighted by molar-refractivity contribution is -0.151. The number of rotatable bonds is 4. The van der Waals surface area contributed by atoms with Gasteiger partial charge in [0.05, 0.1) is 5.92 Å². The second-order valence-electron chi connectivity index (χ2n) is 5.39. The zero-order valence-electron chi connectivity index (χ0n) is 11.3. The van der Waals surface area contributed by atoms with Gasteiger partial charge in [-0.2, -0.15) is 0 Å². The zero-order chi connectivity index (χ0) is 13.7. The number of halogens is 1. The summed E-state index contributed by atoms with van der Waals surface area (Å²) in [5, 5.41) is 0.295. The smallest absolute Gasteiger partial charge is 0.309 e. The molecule has 1 aromatic rings. The van der Waals surface area contributed by atoms with Gasteiger partial charge in [-0.05, 0) is 37.2 Å². The van der Waals surface area contributed by atoms with Crippen molar-refractivity contribution in [2.45, 2.75) is 44.6 Å². The summed E-state index contributed by atoms with van der Waals surface area (Å²) in [7, 11) is 0. The van der Waals surface area contributed by atoms with Crippen LogP contribution >= 0.6 is 11.6 Å². The maximum absolute atomic E-state index is 12.0. The van der Waals surface area contributed by atoms with Crippen molar-refractivity contribution in [3.05, 3.63) is 35.9 Å². The van der Waals surface area contributed by atoms with Crippen LogP contribution in [0.2, 0.25) is 0 Å². The van der Waals surface area contributed by atoms with E-state index < -0.39 is 0 Å². The molecule has 0 bridgehead atoms. The Hall–Kier alpha value is -1.02. The summed E-state index contributed by atoms with van der Waals surface area (Å²) < 4.78 is 5.40. The highest BCUT2D eigenvalue weighted by atomic mass is 35.5. The molecule has 1 fully saturated rings. The fourth-order valence-electron chi connectivity index (χ4n) is 2.63. The second-order valence-corrected chi connectivity index (χ2v) is 6.01. The van der Waals surface area contributed by atoms with Crippen molar-refractivity contribution in [3.8, 4) is 0 Å². The van der Waals surface area contributed by atoms with E-state index in [1.807, 2.05) is 37.3 Å². The summed E-state index contributed by atoms with van der Waals surface area (Å²) in [4.78, 5) is 12.0. The van der Waals surface area contributed by atoms with E-state index in [4.69, 9.17) is 16.3 Å². The summed E-state index contributed by atoms with van der Waals surface area (Å²) >= 11 is 6.09. The molecular weight excluding hydrogens is 260 g/mol. The van der Waals surface area contributed by atoms with Crippen LogP contribution in [0.3, 0.4) is 0 Å². The molecule has 1 atom stereocenters. The van der Waals surface area contributed by atoms with E-state index in [1.165, 1.54) is 0 Å². The number of benzene rings is 1. The van der Waals surface area contributed by atoms with E-state index in [0.717, 1.165) is 31.2 Å². The summed E-state index contributed by atoms with van der Waals surface area (Å²) in [6.07, 6.45) is 4.11. The van der Waals surface area contributed by atoms with Crippen LogP contribution in [0.15, 0.2) is 30.3 Å². The van der Waals surface area contributed by atoms with Crippen LogP contribution in [-0.2, 0) is 16.1 Å². The molecule has 1 aliphatic carbocycles. The average molecular weight is 281 g/mol. The van der Waals surface area contributed by atoms with Gasteiger partial charge in [0.15, 0.2) is 0 Å². The first-order valence-electron chi connectivity index (χ1n) is 7.01. The third-order valence-corrected chi connectivity index (χ3v) is 4.44. The van der Waals surface area contributed by atoms with Crippen LogP contribution in [0.25, 0.3) is 0 Å². The highest BCUT2D eigenvalue weighted by molar-refractivity contribution is 6.20. The molecular formula is C16H21ClO2. The highest BCUT2D eigenvalue weighted by Crippen LogP contribution is 2.33. The molecule has 0 aliphatic heterocycles. The largest absolute Gasteiger partial charge is 0.461 e. The van der Waals surface area contributed by atoms with Gasteiger partial charge in [-0.25, -0.2) is 0 Å². The molecule has 3 heteroatoms. The quantitative estimate of drug-likeness (QED) is 0.611. The van der Waals surface area contributed by atoms with Crippen LogP contribution < -0.4 is 0 Å². The van der Waals surface area contributed by atoms with E-state index in [9.17, 15) is 4.79 Å². The van der Waals surface area contributed by atoms with Gasteiger partial charge in [0.2, 0.25) is 0 Å². The fourth-order valence-corrected chi connectivity index (χ4v) is 2.88. The van der Waals surface area contributed by atoms with E-state index in [1.54, 1.807) is 0 Å². The molecule has 0 heterocycles. The summed E-state index contributed by atoms with van der Waals surface area (Å²) in [6, 6.07) is 9.80. The van der Waals surface area contributed by atoms with Gasteiger partial charge in [0.25, 0.3) is 0 Å². The van der Waals surface area contributed by atoms with Crippen molar-refractivity contribution < 1.29 is 9.53 Å². The summed E-state index contributed by atoms with van der Waals surface area (Å²) in [5.41, 5.74) is 1.03. The normalized spacial score (nSPS) is 24.7. The molecule has 0 N–H and O–H groups in total. The van der Waals surface area contributed by atoms with Crippen molar-refractivity contribution in [1.82, 2.24) is 0 Å². The molecule has 0 spiro atoms. The number of carbonyl (C=O) groups is 1. The monoisotopic (exact) mass is 280 g/mol. The maximum atomic E-state index is 12.0. The van der Waals surface area contributed by atoms with E-state index >= 15 is 0 Å². The maximum Gasteiger partial charge on any atom is 0.309 e. The molecule has 0 aromatic heterocycles. The minimum absolute atomic E-state index is 0.0205. The molecule has 1 unspecified atom stereocenters. The Morgan fingerprint density at radius 3 is 2.53 bits per heavy atom. The van der Waals surface area contributed by atoms with Crippen LogP contribution in [-0.4, -0.2) is 11.3 Å². The lowest BCUT2D eigenvalue weighted by Crippen LogP contribution is -2.27. The Kier molecular flexibility index (Phi) is 5.26. The third-order valence-electron chi connectivity index (χ3n) is 4.00. The SMILES string of the molecule is CC(C(=O)OCc1ccccc1)C1CCC(Cl)CC1. The van der Waals surface area contributed by atoms with Gasteiger partial charge >= 0.3 is 5.97 Å². The molecule has 1 aliphatic rings. The first-order valence-corrected chi connectivity index (χ1v) is 7.45. The predicted molar refractivity (Wildman–Crippen MR) is 77.0 cm³/mol. The van der Waals surface area contributed by atoms with E-state index in [-0.39, 0.29) is 11.9 Å². The molecule has 0 saturated heterocycles. The minimum Gasteiger partial charge on any atom is -0.461 e. The van der Waals surface area contributed by atoms with Gasteiger partial charge in [-0.15, -0.1) is 11.6 Å². The second kappa shape index (κ2) is 6.95. The van der Waals surface area contributed by atoms with Crippen molar-refractivity contribution in [2.75, 3.05) is 0 Å². The molecule has 2 nitrogen and oxygen atoms in total. The molecule has 2 rings (SSSR count). The predicted octanol–water partition coefficient (Wildman–Crippen LogP) is 4.16. The summed E-state index contributed by atoms with van der Waals surface area (Å²) in [6.45, 7) is 2.35. The lowest BCUT2D eigenvalue weighted by Gasteiger charge is -2.28. The van der Waals surface area contributed by atoms with Gasteiger partial charge < -0.3 is 4.74 Å². The third kappa shape index (κ3) is 4.24. The zero-order valence-corrected chi connectivity index (χ0v) is 12.1. The highest BCUT2D eigenvalue weighted by Gasteiger charge is 2.29. The number of carbonyl (C=O) groups excluding carboxylic acids is 1. The number of hydrogen-bond donors (Lipinski definition) is 0. The van der Waals surface area contributed by atoms with Gasteiger partial charge in [0, 0.05) is 5.38 Å². The first kappa shape index (κ1) is 14.4. The lowest BCUT2D eigenvalue weighted by atomic mass is 9.81. The van der Waals surface area contributed by atoms with Crippen molar-refractivity contribution >= 4 is 17.6 Å². The Morgan fingerprint density at radius 2 is 1.89 bits per heavy atom. The van der Waals surface area contributed by atoms with Crippen LogP contribution in [0.1, 0.15) is 38.2 Å². The van der Waals surface area contributed by atoms with Crippen molar-refractivity contribution in [2.24, 2.45) is 11.8 Å². The molecule has 0 radical (unpaired) electrons. The average Bonchev–Trinajstić information content (AvgIpc) is 2.46. The minimum atomic E-state index is -0.0816. The first-order chi connectivity index (χ1) is 9.16. The topological polar surface area (TPSA) is 26.3 Å². The van der Waals surface area contributed by atoms with Gasteiger partial charge in [-0.3, -0.25) is 4.79 Å². The number of ether oxygens (including phenoxy) is 1. The van der Waals surface area contributed by atoms with Crippen LogP contribution in [0.5, 0.6) is 0 Å². The molecule has 1 saturated carbocycles. The van der Waals surface area contributed by atoms with Crippen molar-refractivity contribution in [1.29, 1.82) is 0 Å². The van der Waals surface area contributed by atoms with E-state index in [0.29, 0.717) is 17.9 Å². The molecule has 1 aromatic carbocycles. The molecule has 104 valence electrons. The standard InChI is InChI=1S/C16H21ClO2/c1-12(14-7-9-15(17)10-8-14)16(18)19-11-13-5-3-2-4-6-13/h2-6,12,14-15H,7-11H2,1H3. The van der Waals surface area contributed by atoms with Gasteiger partial charge in [-0.1, -0.05) is 37.3 Å². The molecule has 0 amide bonds. The van der Waals surface area contributed by atoms with Gasteiger partial charge in [0.1, 0.15) is 6.61 Å². The Labute approximate surface area is 120 Å². The summed E-state index contributed by atoms with van der Waals surface area (Å²) in [5.74, 6) is 0.327.